The Morgan fingerprint density at radius 1 is 1.56 bits per heavy atom. The number of aliphatic hydroxyl groups excluding tert-OH is 1. The van der Waals surface area contributed by atoms with Gasteiger partial charge >= 0.3 is 5.69 Å². The van der Waals surface area contributed by atoms with Crippen molar-refractivity contribution in [2.24, 2.45) is 7.05 Å². The number of ether oxygens (including phenoxy) is 1. The molecule has 16 heavy (non-hydrogen) atoms. The molecule has 6 nitrogen and oxygen atoms in total. The highest BCUT2D eigenvalue weighted by Crippen LogP contribution is 2.30. The summed E-state index contributed by atoms with van der Waals surface area (Å²) < 4.78 is 6.80. The molecule has 6 heteroatoms. The second kappa shape index (κ2) is 4.23. The van der Waals surface area contributed by atoms with Gasteiger partial charge in [-0.3, -0.25) is 9.78 Å². The SMILES string of the molecule is Cn1cc([C@H]2CC[C@@H](CO)O2)c(=O)[nH]c1=O. The van der Waals surface area contributed by atoms with E-state index in [4.69, 9.17) is 9.84 Å². The second-order valence-electron chi connectivity index (χ2n) is 3.96. The molecule has 1 aliphatic rings. The lowest BCUT2D eigenvalue weighted by Gasteiger charge is -2.11. The van der Waals surface area contributed by atoms with Gasteiger partial charge in [0.25, 0.3) is 5.56 Å². The van der Waals surface area contributed by atoms with Crippen LogP contribution in [-0.2, 0) is 11.8 Å². The minimum Gasteiger partial charge on any atom is -0.394 e. The smallest absolute Gasteiger partial charge is 0.328 e. The van der Waals surface area contributed by atoms with Crippen molar-refractivity contribution in [3.63, 3.8) is 0 Å². The number of hydrogen-bond acceptors (Lipinski definition) is 4. The number of hydrogen-bond donors (Lipinski definition) is 2. The third-order valence-electron chi connectivity index (χ3n) is 2.79. The molecule has 2 N–H and O–H groups in total. The molecule has 0 radical (unpaired) electrons. The van der Waals surface area contributed by atoms with Gasteiger partial charge in [-0.15, -0.1) is 0 Å². The van der Waals surface area contributed by atoms with Crippen molar-refractivity contribution in [2.75, 3.05) is 6.61 Å². The van der Waals surface area contributed by atoms with Crippen molar-refractivity contribution in [1.29, 1.82) is 0 Å². The molecule has 1 aromatic heterocycles. The number of H-pyrrole nitrogens is 1. The normalized spacial score (nSPS) is 24.9. The Morgan fingerprint density at radius 3 is 2.94 bits per heavy atom. The molecule has 0 bridgehead atoms. The molecule has 0 spiro atoms. The molecule has 0 amide bonds. The van der Waals surface area contributed by atoms with Gasteiger partial charge in [0.2, 0.25) is 0 Å². The monoisotopic (exact) mass is 226 g/mol. The predicted molar refractivity (Wildman–Crippen MR) is 56.2 cm³/mol. The summed E-state index contributed by atoms with van der Waals surface area (Å²) in [4.78, 5) is 24.9. The first-order chi connectivity index (χ1) is 7.61. The van der Waals surface area contributed by atoms with Crippen molar-refractivity contribution < 1.29 is 9.84 Å². The number of aromatic amines is 1. The number of aliphatic hydroxyl groups is 1. The van der Waals surface area contributed by atoms with E-state index in [1.54, 1.807) is 7.05 Å². The van der Waals surface area contributed by atoms with Crippen molar-refractivity contribution in [2.45, 2.75) is 25.0 Å². The maximum Gasteiger partial charge on any atom is 0.328 e. The fourth-order valence-electron chi connectivity index (χ4n) is 1.88. The molecule has 1 saturated heterocycles. The number of nitrogens with zero attached hydrogens (tertiary/aromatic N) is 1. The molecule has 1 fully saturated rings. The highest BCUT2D eigenvalue weighted by molar-refractivity contribution is 5.10. The Morgan fingerprint density at radius 2 is 2.31 bits per heavy atom. The number of aryl methyl sites for hydroxylation is 1. The first kappa shape index (κ1) is 11.1. The number of nitrogens with one attached hydrogen (secondary N) is 1. The predicted octanol–water partition coefficient (Wildman–Crippen LogP) is -0.714. The van der Waals surface area contributed by atoms with Gasteiger partial charge in [0.15, 0.2) is 0 Å². The maximum atomic E-state index is 11.6. The molecule has 2 atom stereocenters. The Bertz CT molecular complexity index is 490. The Kier molecular flexibility index (Phi) is 2.93. The van der Waals surface area contributed by atoms with Gasteiger partial charge in [0, 0.05) is 13.2 Å². The minimum atomic E-state index is -0.439. The number of rotatable bonds is 2. The van der Waals surface area contributed by atoms with Crippen LogP contribution in [0.15, 0.2) is 15.8 Å². The molecule has 88 valence electrons. The van der Waals surface area contributed by atoms with E-state index in [0.29, 0.717) is 12.0 Å². The van der Waals surface area contributed by atoms with Crippen LogP contribution in [0, 0.1) is 0 Å². The van der Waals surface area contributed by atoms with Crippen molar-refractivity contribution in [3.05, 3.63) is 32.6 Å². The molecule has 2 rings (SSSR count). The highest BCUT2D eigenvalue weighted by Gasteiger charge is 2.28. The van der Waals surface area contributed by atoms with E-state index in [1.807, 2.05) is 0 Å². The van der Waals surface area contributed by atoms with Crippen molar-refractivity contribution in [1.82, 2.24) is 9.55 Å². The van der Waals surface area contributed by atoms with Crippen LogP contribution < -0.4 is 11.2 Å². The molecule has 0 aromatic carbocycles. The van der Waals surface area contributed by atoms with Crippen LogP contribution in [-0.4, -0.2) is 27.4 Å². The molecule has 1 aliphatic heterocycles. The minimum absolute atomic E-state index is 0.0415. The summed E-state index contributed by atoms with van der Waals surface area (Å²) in [6, 6.07) is 0. The molecule has 0 aliphatic carbocycles. The molecule has 0 unspecified atom stereocenters. The average Bonchev–Trinajstić information content (AvgIpc) is 2.71. The first-order valence-electron chi connectivity index (χ1n) is 5.18. The third kappa shape index (κ3) is 1.94. The Balaban J connectivity index is 2.32. The zero-order chi connectivity index (χ0) is 11.7. The van der Waals surface area contributed by atoms with Gasteiger partial charge in [-0.05, 0) is 12.8 Å². The van der Waals surface area contributed by atoms with E-state index in [9.17, 15) is 9.59 Å². The van der Waals surface area contributed by atoms with E-state index in [0.717, 1.165) is 6.42 Å². The quantitative estimate of drug-likeness (QED) is 0.697. The summed E-state index contributed by atoms with van der Waals surface area (Å²) in [5.41, 5.74) is -0.407. The van der Waals surface area contributed by atoms with Crippen LogP contribution in [0.2, 0.25) is 0 Å². The van der Waals surface area contributed by atoms with Gasteiger partial charge in [0.05, 0.1) is 24.4 Å². The van der Waals surface area contributed by atoms with Crippen LogP contribution in [0.25, 0.3) is 0 Å². The van der Waals surface area contributed by atoms with E-state index in [-0.39, 0.29) is 18.8 Å². The lowest BCUT2D eigenvalue weighted by Crippen LogP contribution is -2.31. The lowest BCUT2D eigenvalue weighted by atomic mass is 10.1. The maximum absolute atomic E-state index is 11.6. The standard InChI is InChI=1S/C10H14N2O4/c1-12-4-7(9(14)11-10(12)15)8-3-2-6(5-13)16-8/h4,6,8,13H,2-3,5H2,1H3,(H,11,14,15)/t6-,8+/m0/s1. The van der Waals surface area contributed by atoms with Crippen molar-refractivity contribution in [3.8, 4) is 0 Å². The van der Waals surface area contributed by atoms with E-state index >= 15 is 0 Å². The topological polar surface area (TPSA) is 84.3 Å². The summed E-state index contributed by atoms with van der Waals surface area (Å²) in [6.45, 7) is -0.0415. The second-order valence-corrected chi connectivity index (χ2v) is 3.96. The molecule has 0 saturated carbocycles. The van der Waals surface area contributed by atoms with Gasteiger partial charge in [-0.1, -0.05) is 0 Å². The van der Waals surface area contributed by atoms with E-state index in [1.165, 1.54) is 10.8 Å². The van der Waals surface area contributed by atoms with Crippen LogP contribution in [0.1, 0.15) is 24.5 Å². The van der Waals surface area contributed by atoms with Gasteiger partial charge in [-0.2, -0.15) is 0 Å². The van der Waals surface area contributed by atoms with Crippen LogP contribution in [0.3, 0.4) is 0 Å². The largest absolute Gasteiger partial charge is 0.394 e. The average molecular weight is 226 g/mol. The van der Waals surface area contributed by atoms with Crippen molar-refractivity contribution >= 4 is 0 Å². The fraction of sp³-hybridized carbons (Fsp3) is 0.600. The van der Waals surface area contributed by atoms with Gasteiger partial charge in [-0.25, -0.2) is 4.79 Å². The van der Waals surface area contributed by atoms with Gasteiger partial charge in [0.1, 0.15) is 0 Å². The molecule has 2 heterocycles. The lowest BCUT2D eigenvalue weighted by molar-refractivity contribution is 0.0101. The summed E-state index contributed by atoms with van der Waals surface area (Å²) in [5, 5.41) is 8.93. The summed E-state index contributed by atoms with van der Waals surface area (Å²) >= 11 is 0. The summed E-state index contributed by atoms with van der Waals surface area (Å²) in [5.74, 6) is 0. The molecule has 1 aromatic rings. The number of aromatic nitrogens is 2. The third-order valence-corrected chi connectivity index (χ3v) is 2.79. The van der Waals surface area contributed by atoms with Gasteiger partial charge < -0.3 is 14.4 Å². The molecular formula is C10H14N2O4. The van der Waals surface area contributed by atoms with Crippen LogP contribution in [0.4, 0.5) is 0 Å². The molecular weight excluding hydrogens is 212 g/mol. The Labute approximate surface area is 91.5 Å². The Hall–Kier alpha value is -1.40. The van der Waals surface area contributed by atoms with E-state index in [2.05, 4.69) is 4.98 Å². The summed E-state index contributed by atoms with van der Waals surface area (Å²) in [7, 11) is 1.57. The van der Waals surface area contributed by atoms with Crippen LogP contribution >= 0.6 is 0 Å². The zero-order valence-corrected chi connectivity index (χ0v) is 8.97. The fourth-order valence-corrected chi connectivity index (χ4v) is 1.88. The van der Waals surface area contributed by atoms with E-state index < -0.39 is 11.2 Å². The zero-order valence-electron chi connectivity index (χ0n) is 8.97. The van der Waals surface area contributed by atoms with Crippen LogP contribution in [0.5, 0.6) is 0 Å². The summed E-state index contributed by atoms with van der Waals surface area (Å²) in [6.07, 6.45) is 2.37. The highest BCUT2D eigenvalue weighted by atomic mass is 16.5. The first-order valence-corrected chi connectivity index (χ1v) is 5.18.